The highest BCUT2D eigenvalue weighted by Gasteiger charge is 2.25. The number of para-hydroxylation sites is 2. The molecule has 1 amide bonds. The lowest BCUT2D eigenvalue weighted by atomic mass is 10.1. The predicted molar refractivity (Wildman–Crippen MR) is 154 cm³/mol. The Hall–Kier alpha value is -4.15. The summed E-state index contributed by atoms with van der Waals surface area (Å²) in [4.78, 5) is 27.2. The third-order valence-corrected chi connectivity index (χ3v) is 8.49. The number of carboxylic acid groups (broad SMARTS) is 1. The third-order valence-electron chi connectivity index (χ3n) is 7.02. The van der Waals surface area contributed by atoms with Gasteiger partial charge in [0.25, 0.3) is 0 Å². The monoisotopic (exact) mass is 561 g/mol. The van der Waals surface area contributed by atoms with Gasteiger partial charge in [-0.05, 0) is 68.0 Å². The van der Waals surface area contributed by atoms with Gasteiger partial charge in [-0.15, -0.1) is 0 Å². The van der Waals surface area contributed by atoms with Crippen LogP contribution in [0.4, 0.5) is 0 Å². The van der Waals surface area contributed by atoms with Crippen LogP contribution < -0.4 is 10.0 Å². The van der Waals surface area contributed by atoms with Crippen molar-refractivity contribution in [3.63, 3.8) is 0 Å². The molecule has 1 unspecified atom stereocenters. The van der Waals surface area contributed by atoms with Gasteiger partial charge in [-0.25, -0.2) is 8.42 Å². The number of hydrogen-bond acceptors (Lipinski definition) is 5. The third kappa shape index (κ3) is 6.19. The number of sulfonamides is 1. The van der Waals surface area contributed by atoms with Crippen molar-refractivity contribution in [2.75, 3.05) is 6.54 Å². The number of carbonyl (C=O) groups excluding carboxylic acids is 1. The van der Waals surface area contributed by atoms with E-state index in [1.54, 1.807) is 12.1 Å². The zero-order valence-corrected chi connectivity index (χ0v) is 22.7. The van der Waals surface area contributed by atoms with Crippen molar-refractivity contribution in [2.45, 2.75) is 49.5 Å². The Kier molecular flexibility index (Phi) is 8.18. The fourth-order valence-electron chi connectivity index (χ4n) is 4.93. The van der Waals surface area contributed by atoms with Crippen LogP contribution in [0, 0.1) is 0 Å². The molecular formula is C30H31N3O6S. The lowest BCUT2D eigenvalue weighted by molar-refractivity contribution is -0.139. The topological polar surface area (TPSA) is 142 Å². The number of amides is 1. The van der Waals surface area contributed by atoms with Crippen molar-refractivity contribution in [2.24, 2.45) is 0 Å². The minimum Gasteiger partial charge on any atom is -0.480 e. The van der Waals surface area contributed by atoms with Crippen molar-refractivity contribution >= 4 is 54.7 Å². The minimum absolute atomic E-state index is 0.0299. The number of furan rings is 1. The summed E-state index contributed by atoms with van der Waals surface area (Å²) in [6, 6.07) is 18.6. The normalized spacial score (nSPS) is 12.7. The zero-order chi connectivity index (χ0) is 28.1. The number of H-pyrrole nitrogens is 1. The van der Waals surface area contributed by atoms with E-state index in [1.807, 2.05) is 42.6 Å². The Morgan fingerprint density at radius 1 is 0.900 bits per heavy atom. The standard InChI is InChI=1S/C30H31N3O6S/c34-29(14-7-8-20-19-32-25-11-3-1-9-22(20)25)31-17-6-5-12-26(30(35)36)33-40(37,38)21-15-16-28-24(18-21)23-10-2-4-13-27(23)39-28/h1-4,9-11,13,15-16,18-19,26,32-33H,5-8,12,14,17H2,(H,31,34)(H,35,36). The largest absolute Gasteiger partial charge is 0.480 e. The molecule has 0 saturated carbocycles. The number of benzene rings is 3. The van der Waals surface area contributed by atoms with E-state index in [2.05, 4.69) is 21.1 Å². The van der Waals surface area contributed by atoms with E-state index in [0.29, 0.717) is 42.4 Å². The summed E-state index contributed by atoms with van der Waals surface area (Å²) < 4.78 is 34.1. The number of nitrogens with one attached hydrogen (secondary N) is 3. The molecule has 0 aliphatic heterocycles. The number of rotatable bonds is 13. The summed E-state index contributed by atoms with van der Waals surface area (Å²) in [7, 11) is -4.09. The number of fused-ring (bicyclic) bond motifs is 4. The van der Waals surface area contributed by atoms with E-state index in [9.17, 15) is 23.1 Å². The highest BCUT2D eigenvalue weighted by atomic mass is 32.2. The first-order valence-electron chi connectivity index (χ1n) is 13.3. The van der Waals surface area contributed by atoms with Gasteiger partial charge in [0, 0.05) is 40.8 Å². The van der Waals surface area contributed by atoms with Gasteiger partial charge in [0.2, 0.25) is 15.9 Å². The van der Waals surface area contributed by atoms with Gasteiger partial charge in [-0.1, -0.05) is 36.4 Å². The van der Waals surface area contributed by atoms with Gasteiger partial charge in [0.05, 0.1) is 4.90 Å². The van der Waals surface area contributed by atoms with E-state index >= 15 is 0 Å². The molecule has 1 atom stereocenters. The number of aromatic nitrogens is 1. The molecule has 0 spiro atoms. The van der Waals surface area contributed by atoms with Gasteiger partial charge >= 0.3 is 5.97 Å². The van der Waals surface area contributed by atoms with E-state index < -0.39 is 22.0 Å². The number of aliphatic carboxylic acids is 1. The van der Waals surface area contributed by atoms with Crippen molar-refractivity contribution in [1.29, 1.82) is 0 Å². The number of aromatic amines is 1. The zero-order valence-electron chi connectivity index (χ0n) is 21.9. The van der Waals surface area contributed by atoms with E-state index in [4.69, 9.17) is 4.42 Å². The summed E-state index contributed by atoms with van der Waals surface area (Å²) in [6.45, 7) is 0.398. The lowest BCUT2D eigenvalue weighted by Gasteiger charge is -2.15. The van der Waals surface area contributed by atoms with Crippen LogP contribution >= 0.6 is 0 Å². The number of carbonyl (C=O) groups is 2. The molecule has 0 saturated heterocycles. The van der Waals surface area contributed by atoms with Crippen LogP contribution in [0.25, 0.3) is 32.8 Å². The lowest BCUT2D eigenvalue weighted by Crippen LogP contribution is -2.40. The number of carboxylic acids is 1. The molecule has 10 heteroatoms. The summed E-state index contributed by atoms with van der Waals surface area (Å²) >= 11 is 0. The van der Waals surface area contributed by atoms with Gasteiger partial charge in [0.1, 0.15) is 17.2 Å². The van der Waals surface area contributed by atoms with Crippen LogP contribution in [-0.2, 0) is 26.0 Å². The first-order valence-corrected chi connectivity index (χ1v) is 14.8. The highest BCUT2D eigenvalue weighted by molar-refractivity contribution is 7.89. The molecule has 3 aromatic carbocycles. The molecule has 5 aromatic rings. The molecule has 9 nitrogen and oxygen atoms in total. The molecule has 0 bridgehead atoms. The number of aryl methyl sites for hydroxylation is 1. The molecule has 0 aliphatic carbocycles. The van der Waals surface area contributed by atoms with Gasteiger partial charge < -0.3 is 19.8 Å². The van der Waals surface area contributed by atoms with Crippen LogP contribution in [-0.4, -0.2) is 43.0 Å². The minimum atomic E-state index is -4.09. The van der Waals surface area contributed by atoms with Crippen LogP contribution in [0.5, 0.6) is 0 Å². The van der Waals surface area contributed by atoms with Gasteiger partial charge in [-0.2, -0.15) is 4.72 Å². The Bertz CT molecular complexity index is 1770. The SMILES string of the molecule is O=C(CCCc1c[nH]c2ccccc12)NCCCCC(NS(=O)(=O)c1ccc2oc3ccccc3c2c1)C(=O)O. The van der Waals surface area contributed by atoms with E-state index in [-0.39, 0.29) is 17.2 Å². The molecular weight excluding hydrogens is 530 g/mol. The second-order valence-electron chi connectivity index (χ2n) is 9.83. The van der Waals surface area contributed by atoms with E-state index in [0.717, 1.165) is 23.7 Å². The predicted octanol–water partition coefficient (Wildman–Crippen LogP) is 5.11. The van der Waals surface area contributed by atoms with Gasteiger partial charge in [-0.3, -0.25) is 9.59 Å². The quantitative estimate of drug-likeness (QED) is 0.147. The summed E-state index contributed by atoms with van der Waals surface area (Å²) in [5.74, 6) is -1.31. The second-order valence-corrected chi connectivity index (χ2v) is 11.5. The maximum atomic E-state index is 13.0. The average Bonchev–Trinajstić information content (AvgIpc) is 3.53. The molecule has 2 aromatic heterocycles. The second kappa shape index (κ2) is 11.9. The summed E-state index contributed by atoms with van der Waals surface area (Å²) in [6.07, 6.45) is 4.95. The first-order chi connectivity index (χ1) is 19.3. The smallest absolute Gasteiger partial charge is 0.321 e. The molecule has 5 rings (SSSR count). The summed E-state index contributed by atoms with van der Waals surface area (Å²) in [5.41, 5.74) is 3.46. The van der Waals surface area contributed by atoms with Crippen molar-refractivity contribution in [3.8, 4) is 0 Å². The van der Waals surface area contributed by atoms with Gasteiger partial charge in [0.15, 0.2) is 0 Å². The number of hydrogen-bond donors (Lipinski definition) is 4. The van der Waals surface area contributed by atoms with Crippen LogP contribution in [0.1, 0.15) is 37.7 Å². The van der Waals surface area contributed by atoms with Crippen molar-refractivity contribution in [3.05, 3.63) is 78.5 Å². The molecule has 2 heterocycles. The highest BCUT2D eigenvalue weighted by Crippen LogP contribution is 2.30. The van der Waals surface area contributed by atoms with Crippen molar-refractivity contribution < 1.29 is 27.5 Å². The van der Waals surface area contributed by atoms with Crippen LogP contribution in [0.15, 0.2) is 82.2 Å². The molecule has 40 heavy (non-hydrogen) atoms. The average molecular weight is 562 g/mol. The van der Waals surface area contributed by atoms with E-state index in [1.165, 1.54) is 23.1 Å². The summed E-state index contributed by atoms with van der Waals surface area (Å²) in [5, 5.41) is 15.1. The number of unbranched alkanes of at least 4 members (excludes halogenated alkanes) is 1. The maximum Gasteiger partial charge on any atom is 0.321 e. The molecule has 0 fully saturated rings. The molecule has 4 N–H and O–H groups in total. The molecule has 0 aliphatic rings. The Morgan fingerprint density at radius 3 is 2.48 bits per heavy atom. The Morgan fingerprint density at radius 2 is 1.65 bits per heavy atom. The Balaban J connectivity index is 1.08. The molecule has 208 valence electrons. The molecule has 0 radical (unpaired) electrons. The first kappa shape index (κ1) is 27.4. The fraction of sp³-hybridized carbons (Fsp3) is 0.267. The van der Waals surface area contributed by atoms with Crippen LogP contribution in [0.2, 0.25) is 0 Å². The van der Waals surface area contributed by atoms with Crippen molar-refractivity contribution in [1.82, 2.24) is 15.0 Å². The Labute approximate surface area is 231 Å². The maximum absolute atomic E-state index is 13.0. The fourth-order valence-corrected chi connectivity index (χ4v) is 6.18. The van der Waals surface area contributed by atoms with Crippen LogP contribution in [0.3, 0.4) is 0 Å².